The van der Waals surface area contributed by atoms with Gasteiger partial charge < -0.3 is 15.0 Å². The van der Waals surface area contributed by atoms with Crippen molar-refractivity contribution in [3.63, 3.8) is 0 Å². The van der Waals surface area contributed by atoms with Crippen molar-refractivity contribution in [2.75, 3.05) is 23.3 Å². The summed E-state index contributed by atoms with van der Waals surface area (Å²) in [5, 5.41) is 8.33. The largest absolute Gasteiger partial charge is 0.371 e. The molecule has 0 bridgehead atoms. The van der Waals surface area contributed by atoms with Gasteiger partial charge in [0.05, 0.1) is 28.4 Å². The van der Waals surface area contributed by atoms with Crippen molar-refractivity contribution in [2.45, 2.75) is 74.4 Å². The number of carbonyl (C=O) groups is 1. The molecule has 6 rings (SSSR count). The number of hydrogen-bond donors (Lipinski definition) is 2. The summed E-state index contributed by atoms with van der Waals surface area (Å²) in [6.07, 6.45) is 4.51. The Hall–Kier alpha value is -2.56. The van der Waals surface area contributed by atoms with E-state index in [-0.39, 0.29) is 36.5 Å². The summed E-state index contributed by atoms with van der Waals surface area (Å²) in [4.78, 5) is 15.5. The third-order valence-electron chi connectivity index (χ3n) is 8.82. The molecule has 198 valence electrons. The van der Waals surface area contributed by atoms with Gasteiger partial charge in [0, 0.05) is 31.6 Å². The van der Waals surface area contributed by atoms with Crippen LogP contribution in [0.1, 0.15) is 72.9 Å². The Morgan fingerprint density at radius 3 is 2.30 bits per heavy atom. The monoisotopic (exact) mass is 531 g/mol. The molecule has 3 fully saturated rings. The molecule has 2 saturated carbocycles. The van der Waals surface area contributed by atoms with Crippen LogP contribution in [-0.2, 0) is 27.0 Å². The fraction of sp³-hybridized carbons (Fsp3) is 0.519. The van der Waals surface area contributed by atoms with Crippen molar-refractivity contribution in [1.82, 2.24) is 0 Å². The van der Waals surface area contributed by atoms with Crippen molar-refractivity contribution in [3.05, 3.63) is 53.1 Å². The second kappa shape index (κ2) is 8.47. The molecule has 2 heterocycles. The number of carbonyl (C=O) groups excluding carboxylic acids is 1. The Bertz CT molecular complexity index is 1350. The number of nitrogens with zero attached hydrogens (tertiary/aromatic N) is 1. The van der Waals surface area contributed by atoms with Crippen LogP contribution in [0.2, 0.25) is 0 Å². The molecule has 4 aliphatic rings. The van der Waals surface area contributed by atoms with Crippen molar-refractivity contribution < 1.29 is 26.7 Å². The molecule has 1 amide bonds. The number of ether oxygens (including phenoxy) is 1. The first-order valence-corrected chi connectivity index (χ1v) is 14.4. The van der Waals surface area contributed by atoms with E-state index in [9.17, 15) is 22.0 Å². The molecular formula is C27H31F2N3O4S. The zero-order chi connectivity index (χ0) is 26.1. The summed E-state index contributed by atoms with van der Waals surface area (Å²) in [6, 6.07) is 9.84. The van der Waals surface area contributed by atoms with Gasteiger partial charge in [-0.2, -0.15) is 0 Å². The Balaban J connectivity index is 1.27. The molecule has 1 saturated heterocycles. The van der Waals surface area contributed by atoms with E-state index in [0.717, 1.165) is 37.1 Å². The summed E-state index contributed by atoms with van der Waals surface area (Å²) >= 11 is 0. The second-order valence-corrected chi connectivity index (χ2v) is 12.7. The lowest BCUT2D eigenvalue weighted by Crippen LogP contribution is -2.36. The van der Waals surface area contributed by atoms with E-state index < -0.39 is 21.5 Å². The molecule has 0 atom stereocenters. The lowest BCUT2D eigenvalue weighted by molar-refractivity contribution is -0.130. The zero-order valence-corrected chi connectivity index (χ0v) is 21.4. The molecule has 10 heteroatoms. The Labute approximate surface area is 215 Å². The fourth-order valence-corrected chi connectivity index (χ4v) is 6.70. The Morgan fingerprint density at radius 1 is 0.946 bits per heavy atom. The highest BCUT2D eigenvalue weighted by atomic mass is 32.2. The van der Waals surface area contributed by atoms with Gasteiger partial charge in [-0.25, -0.2) is 22.3 Å². The first-order chi connectivity index (χ1) is 17.5. The van der Waals surface area contributed by atoms with Crippen molar-refractivity contribution in [3.8, 4) is 0 Å². The minimum Gasteiger partial charge on any atom is -0.371 e. The number of benzene rings is 2. The number of hydrogen-bond acceptors (Lipinski definition) is 5. The van der Waals surface area contributed by atoms with E-state index in [2.05, 4.69) is 10.2 Å². The second-order valence-electron chi connectivity index (χ2n) is 11.2. The van der Waals surface area contributed by atoms with Crippen LogP contribution in [0, 0.1) is 5.41 Å². The average molecular weight is 532 g/mol. The van der Waals surface area contributed by atoms with E-state index in [1.165, 1.54) is 31.0 Å². The Morgan fingerprint density at radius 2 is 1.65 bits per heavy atom. The number of fused-ring (bicyclic) bond motifs is 2. The molecule has 2 spiro atoms. The first kappa shape index (κ1) is 24.8. The van der Waals surface area contributed by atoms with Gasteiger partial charge in [0.15, 0.2) is 0 Å². The first-order valence-electron chi connectivity index (χ1n) is 12.9. The smallest absolute Gasteiger partial charge is 0.257 e. The minimum atomic E-state index is -3.93. The van der Waals surface area contributed by atoms with Crippen LogP contribution in [0.15, 0.2) is 41.3 Å². The molecule has 0 unspecified atom stereocenters. The van der Waals surface area contributed by atoms with Crippen LogP contribution in [-0.4, -0.2) is 33.3 Å². The Kier molecular flexibility index (Phi) is 5.67. The van der Waals surface area contributed by atoms with Gasteiger partial charge in [-0.05, 0) is 85.4 Å². The molecule has 2 aromatic carbocycles. The third-order valence-corrected chi connectivity index (χ3v) is 9.73. The van der Waals surface area contributed by atoms with Gasteiger partial charge in [0.25, 0.3) is 5.91 Å². The summed E-state index contributed by atoms with van der Waals surface area (Å²) in [5.74, 6) is -3.04. The molecule has 2 aliphatic carbocycles. The summed E-state index contributed by atoms with van der Waals surface area (Å²) in [6.45, 7) is 1.86. The number of halogens is 2. The van der Waals surface area contributed by atoms with Gasteiger partial charge in [-0.1, -0.05) is 6.07 Å². The lowest BCUT2D eigenvalue weighted by Gasteiger charge is -2.37. The van der Waals surface area contributed by atoms with Crippen molar-refractivity contribution >= 4 is 27.3 Å². The molecular weight excluding hydrogens is 500 g/mol. The van der Waals surface area contributed by atoms with Crippen LogP contribution in [0.4, 0.5) is 20.2 Å². The molecule has 0 radical (unpaired) electrons. The zero-order valence-electron chi connectivity index (χ0n) is 20.6. The molecule has 37 heavy (non-hydrogen) atoms. The highest BCUT2D eigenvalue weighted by Crippen LogP contribution is 2.54. The van der Waals surface area contributed by atoms with Gasteiger partial charge in [-0.3, -0.25) is 4.79 Å². The number of piperidine rings is 1. The van der Waals surface area contributed by atoms with Crippen LogP contribution < -0.4 is 15.4 Å². The van der Waals surface area contributed by atoms with E-state index in [1.807, 2.05) is 12.1 Å². The topological polar surface area (TPSA) is 102 Å². The quantitative estimate of drug-likeness (QED) is 0.584. The number of amides is 1. The standard InChI is InChI=1S/C27H31F2N3O4S/c28-27(29)9-7-26(8-10-27)22-15-19(2-1-18(22)17-36-26)31-24(33)21-4-3-20(37(30,34)35)16-23(21)32-13-11-25(5-6-25)12-14-32/h1-4,15-16H,5-14,17H2,(H,31,33)(H2,30,34,35). The third kappa shape index (κ3) is 4.64. The maximum atomic E-state index is 13.8. The van der Waals surface area contributed by atoms with Gasteiger partial charge in [0.1, 0.15) is 0 Å². The van der Waals surface area contributed by atoms with E-state index >= 15 is 0 Å². The van der Waals surface area contributed by atoms with Gasteiger partial charge >= 0.3 is 0 Å². The van der Waals surface area contributed by atoms with Crippen molar-refractivity contribution in [1.29, 1.82) is 0 Å². The fourth-order valence-electron chi connectivity index (χ4n) is 6.17. The predicted molar refractivity (Wildman–Crippen MR) is 135 cm³/mol. The van der Waals surface area contributed by atoms with Gasteiger partial charge in [-0.15, -0.1) is 0 Å². The number of alkyl halides is 2. The van der Waals surface area contributed by atoms with Crippen LogP contribution in [0.5, 0.6) is 0 Å². The van der Waals surface area contributed by atoms with Crippen LogP contribution in [0.3, 0.4) is 0 Å². The summed E-state index contributed by atoms with van der Waals surface area (Å²) in [5.41, 5.74) is 2.94. The van der Waals surface area contributed by atoms with Crippen molar-refractivity contribution in [2.24, 2.45) is 10.6 Å². The summed E-state index contributed by atoms with van der Waals surface area (Å²) in [7, 11) is -3.93. The van der Waals surface area contributed by atoms with E-state index in [0.29, 0.717) is 29.0 Å². The predicted octanol–water partition coefficient (Wildman–Crippen LogP) is 4.90. The van der Waals surface area contributed by atoms with Gasteiger partial charge in [0.2, 0.25) is 15.9 Å². The molecule has 7 nitrogen and oxygen atoms in total. The molecule has 2 aliphatic heterocycles. The summed E-state index contributed by atoms with van der Waals surface area (Å²) < 4.78 is 57.8. The highest BCUT2D eigenvalue weighted by Gasteiger charge is 2.48. The molecule has 2 aromatic rings. The van der Waals surface area contributed by atoms with E-state index in [1.54, 1.807) is 6.07 Å². The molecule has 3 N–H and O–H groups in total. The number of primary sulfonamides is 1. The normalized spacial score (nSPS) is 23.2. The highest BCUT2D eigenvalue weighted by molar-refractivity contribution is 7.89. The van der Waals surface area contributed by atoms with Crippen LogP contribution in [0.25, 0.3) is 0 Å². The lowest BCUT2D eigenvalue weighted by atomic mass is 9.77. The van der Waals surface area contributed by atoms with Crippen LogP contribution >= 0.6 is 0 Å². The maximum Gasteiger partial charge on any atom is 0.257 e. The number of sulfonamides is 1. The number of nitrogens with one attached hydrogen (secondary N) is 1. The average Bonchev–Trinajstić information content (AvgIpc) is 3.52. The number of anilines is 2. The van der Waals surface area contributed by atoms with E-state index in [4.69, 9.17) is 9.88 Å². The SMILES string of the molecule is NS(=O)(=O)c1ccc(C(=O)Nc2ccc3c(c2)C2(CCC(F)(F)CC2)OC3)c(N2CCC3(CC2)CC3)c1. The maximum absolute atomic E-state index is 13.8. The minimum absolute atomic E-state index is 0.0310. The number of rotatable bonds is 4. The molecule has 0 aromatic heterocycles. The number of nitrogens with two attached hydrogens (primary N) is 1.